The number of urea groups is 1. The van der Waals surface area contributed by atoms with E-state index >= 15 is 0 Å². The molecular formula is C17H18F2N2O2. The van der Waals surface area contributed by atoms with E-state index in [1.807, 2.05) is 37.3 Å². The number of amides is 2. The van der Waals surface area contributed by atoms with E-state index in [1.54, 1.807) is 12.1 Å². The van der Waals surface area contributed by atoms with Crippen LogP contribution in [0.5, 0.6) is 5.75 Å². The zero-order valence-corrected chi connectivity index (χ0v) is 12.6. The number of alkyl halides is 2. The molecular weight excluding hydrogens is 302 g/mol. The Bertz CT molecular complexity index is 636. The summed E-state index contributed by atoms with van der Waals surface area (Å²) in [6, 6.07) is 15.3. The molecule has 0 saturated carbocycles. The number of carbonyl (C=O) groups is 1. The van der Waals surface area contributed by atoms with E-state index in [1.165, 1.54) is 12.1 Å². The van der Waals surface area contributed by atoms with Gasteiger partial charge in [-0.25, -0.2) is 4.79 Å². The van der Waals surface area contributed by atoms with Crippen molar-refractivity contribution in [3.63, 3.8) is 0 Å². The Hall–Kier alpha value is -2.63. The van der Waals surface area contributed by atoms with Crippen molar-refractivity contribution >= 4 is 6.03 Å². The largest absolute Gasteiger partial charge is 0.435 e. The van der Waals surface area contributed by atoms with Gasteiger partial charge in [0.05, 0.1) is 6.04 Å². The van der Waals surface area contributed by atoms with Gasteiger partial charge in [-0.15, -0.1) is 0 Å². The summed E-state index contributed by atoms with van der Waals surface area (Å²) in [4.78, 5) is 11.9. The monoisotopic (exact) mass is 320 g/mol. The molecule has 6 heteroatoms. The van der Waals surface area contributed by atoms with Crippen molar-refractivity contribution in [1.29, 1.82) is 0 Å². The Morgan fingerprint density at radius 2 is 1.87 bits per heavy atom. The third kappa shape index (κ3) is 5.58. The molecule has 0 saturated heterocycles. The number of benzene rings is 2. The van der Waals surface area contributed by atoms with Gasteiger partial charge in [0.1, 0.15) is 5.75 Å². The van der Waals surface area contributed by atoms with Crippen LogP contribution in [0, 0.1) is 0 Å². The van der Waals surface area contributed by atoms with Crippen LogP contribution in [0.2, 0.25) is 0 Å². The zero-order chi connectivity index (χ0) is 16.7. The molecule has 2 aromatic carbocycles. The lowest BCUT2D eigenvalue weighted by Crippen LogP contribution is -2.36. The first-order chi connectivity index (χ1) is 11.0. The maximum Gasteiger partial charge on any atom is 0.387 e. The van der Waals surface area contributed by atoms with Crippen LogP contribution in [0.1, 0.15) is 24.1 Å². The Balaban J connectivity index is 1.84. The molecule has 2 amide bonds. The summed E-state index contributed by atoms with van der Waals surface area (Å²) in [5.41, 5.74) is 1.67. The summed E-state index contributed by atoms with van der Waals surface area (Å²) in [6.07, 6.45) is 0. The Morgan fingerprint density at radius 3 is 2.57 bits per heavy atom. The smallest absolute Gasteiger partial charge is 0.387 e. The van der Waals surface area contributed by atoms with Gasteiger partial charge >= 0.3 is 12.6 Å². The average Bonchev–Trinajstić information content (AvgIpc) is 2.53. The number of carbonyl (C=O) groups excluding carboxylic acids is 1. The van der Waals surface area contributed by atoms with Crippen LogP contribution < -0.4 is 15.4 Å². The van der Waals surface area contributed by atoms with Crippen molar-refractivity contribution in [1.82, 2.24) is 10.6 Å². The molecule has 0 bridgehead atoms. The molecule has 2 N–H and O–H groups in total. The molecule has 0 aliphatic heterocycles. The van der Waals surface area contributed by atoms with Gasteiger partial charge in [0.2, 0.25) is 0 Å². The first kappa shape index (κ1) is 16.7. The second kappa shape index (κ2) is 8.12. The van der Waals surface area contributed by atoms with Gasteiger partial charge in [-0.2, -0.15) is 8.78 Å². The minimum atomic E-state index is -2.87. The second-order valence-electron chi connectivity index (χ2n) is 4.99. The third-order valence-electron chi connectivity index (χ3n) is 3.22. The number of rotatable bonds is 6. The number of halogens is 2. The van der Waals surface area contributed by atoms with E-state index in [-0.39, 0.29) is 24.4 Å². The third-order valence-corrected chi connectivity index (χ3v) is 3.22. The van der Waals surface area contributed by atoms with Crippen molar-refractivity contribution in [2.24, 2.45) is 0 Å². The van der Waals surface area contributed by atoms with Crippen LogP contribution in [0.3, 0.4) is 0 Å². The van der Waals surface area contributed by atoms with E-state index in [2.05, 4.69) is 15.4 Å². The van der Waals surface area contributed by atoms with Crippen molar-refractivity contribution < 1.29 is 18.3 Å². The maximum atomic E-state index is 12.2. The van der Waals surface area contributed by atoms with Gasteiger partial charge in [0, 0.05) is 6.54 Å². The average molecular weight is 320 g/mol. The van der Waals surface area contributed by atoms with Crippen LogP contribution in [0.25, 0.3) is 0 Å². The molecule has 0 fully saturated rings. The summed E-state index contributed by atoms with van der Waals surface area (Å²) in [5.74, 6) is 0.0670. The highest BCUT2D eigenvalue weighted by Gasteiger charge is 2.09. The van der Waals surface area contributed by atoms with Crippen LogP contribution in [0.4, 0.5) is 13.6 Å². The molecule has 1 atom stereocenters. The predicted octanol–water partition coefficient (Wildman–Crippen LogP) is 3.85. The molecule has 0 radical (unpaired) electrons. The van der Waals surface area contributed by atoms with E-state index in [9.17, 15) is 13.6 Å². The first-order valence-electron chi connectivity index (χ1n) is 7.17. The highest BCUT2D eigenvalue weighted by Crippen LogP contribution is 2.16. The number of ether oxygens (including phenoxy) is 1. The molecule has 4 nitrogen and oxygen atoms in total. The lowest BCUT2D eigenvalue weighted by molar-refractivity contribution is -0.0498. The molecule has 0 spiro atoms. The molecule has 0 aromatic heterocycles. The first-order valence-corrected chi connectivity index (χ1v) is 7.17. The molecule has 0 heterocycles. The fourth-order valence-corrected chi connectivity index (χ4v) is 2.09. The maximum absolute atomic E-state index is 12.2. The summed E-state index contributed by atoms with van der Waals surface area (Å²) >= 11 is 0. The summed E-state index contributed by atoms with van der Waals surface area (Å²) in [6.45, 7) is -0.770. The van der Waals surface area contributed by atoms with Crippen molar-refractivity contribution in [3.8, 4) is 5.75 Å². The molecule has 0 aliphatic carbocycles. The van der Waals surface area contributed by atoms with Crippen molar-refractivity contribution in [2.45, 2.75) is 26.1 Å². The minimum absolute atomic E-state index is 0.0670. The van der Waals surface area contributed by atoms with Crippen LogP contribution >= 0.6 is 0 Å². The summed E-state index contributed by atoms with van der Waals surface area (Å²) < 4.78 is 28.7. The van der Waals surface area contributed by atoms with Crippen LogP contribution in [-0.2, 0) is 6.54 Å². The van der Waals surface area contributed by atoms with E-state index < -0.39 is 6.61 Å². The summed E-state index contributed by atoms with van der Waals surface area (Å²) in [5, 5.41) is 5.50. The van der Waals surface area contributed by atoms with Crippen LogP contribution in [0.15, 0.2) is 54.6 Å². The van der Waals surface area contributed by atoms with Crippen molar-refractivity contribution in [2.75, 3.05) is 0 Å². The van der Waals surface area contributed by atoms with E-state index in [0.29, 0.717) is 5.56 Å². The van der Waals surface area contributed by atoms with Gasteiger partial charge in [-0.3, -0.25) is 0 Å². The Morgan fingerprint density at radius 1 is 1.13 bits per heavy atom. The fourth-order valence-electron chi connectivity index (χ4n) is 2.09. The second-order valence-corrected chi connectivity index (χ2v) is 4.99. The van der Waals surface area contributed by atoms with Crippen LogP contribution in [-0.4, -0.2) is 12.6 Å². The zero-order valence-electron chi connectivity index (χ0n) is 12.6. The molecule has 2 rings (SSSR count). The fraction of sp³-hybridized carbons (Fsp3) is 0.235. The topological polar surface area (TPSA) is 50.4 Å². The number of hydrogen-bond donors (Lipinski definition) is 2. The van der Waals surface area contributed by atoms with E-state index in [4.69, 9.17) is 0 Å². The molecule has 2 aromatic rings. The van der Waals surface area contributed by atoms with Crippen molar-refractivity contribution in [3.05, 3.63) is 65.7 Å². The highest BCUT2D eigenvalue weighted by atomic mass is 19.3. The molecule has 23 heavy (non-hydrogen) atoms. The van der Waals surface area contributed by atoms with Gasteiger partial charge in [0.15, 0.2) is 0 Å². The lowest BCUT2D eigenvalue weighted by atomic mass is 10.1. The number of hydrogen-bond acceptors (Lipinski definition) is 2. The summed E-state index contributed by atoms with van der Waals surface area (Å²) in [7, 11) is 0. The predicted molar refractivity (Wildman–Crippen MR) is 83.3 cm³/mol. The Kier molecular flexibility index (Phi) is 5.91. The molecule has 122 valence electrons. The minimum Gasteiger partial charge on any atom is -0.435 e. The van der Waals surface area contributed by atoms with Gasteiger partial charge in [-0.1, -0.05) is 42.5 Å². The van der Waals surface area contributed by atoms with Gasteiger partial charge in [0.25, 0.3) is 0 Å². The number of nitrogens with one attached hydrogen (secondary N) is 2. The normalized spacial score (nSPS) is 11.8. The highest BCUT2D eigenvalue weighted by molar-refractivity contribution is 5.74. The molecule has 0 aliphatic rings. The Labute approximate surface area is 133 Å². The quantitative estimate of drug-likeness (QED) is 0.849. The molecule has 1 unspecified atom stereocenters. The van der Waals surface area contributed by atoms with Gasteiger partial charge < -0.3 is 15.4 Å². The standard InChI is InChI=1S/C17H18F2N2O2/c1-12(14-7-3-2-4-8-14)21-17(22)20-11-13-6-5-9-15(10-13)23-16(18)19/h2-10,12,16H,11H2,1H3,(H2,20,21,22). The lowest BCUT2D eigenvalue weighted by Gasteiger charge is -2.15. The van der Waals surface area contributed by atoms with E-state index in [0.717, 1.165) is 5.56 Å². The SMILES string of the molecule is CC(NC(=O)NCc1cccc(OC(F)F)c1)c1ccccc1. The van der Waals surface area contributed by atoms with Gasteiger partial charge in [-0.05, 0) is 30.2 Å².